The molecule has 3 aromatic heterocycles. The van der Waals surface area contributed by atoms with Gasteiger partial charge in [-0.1, -0.05) is 0 Å². The molecule has 0 bridgehead atoms. The van der Waals surface area contributed by atoms with Crippen LogP contribution in [-0.4, -0.2) is 73.2 Å². The first-order valence-corrected chi connectivity index (χ1v) is 11.7. The summed E-state index contributed by atoms with van der Waals surface area (Å²) in [5.41, 5.74) is 3.41. The Kier molecular flexibility index (Phi) is 6.81. The second kappa shape index (κ2) is 10.4. The molecule has 1 aromatic carbocycles. The highest BCUT2D eigenvalue weighted by Crippen LogP contribution is 2.31. The summed E-state index contributed by atoms with van der Waals surface area (Å²) < 4.78 is 40.0. The number of halogens is 3. The maximum absolute atomic E-state index is 13.1. The zero-order valence-corrected chi connectivity index (χ0v) is 20.0. The Hall–Kier alpha value is -4.68. The quantitative estimate of drug-likeness (QED) is 0.379. The van der Waals surface area contributed by atoms with Crippen molar-refractivity contribution in [1.82, 2.24) is 29.6 Å². The Balaban J connectivity index is 1.35. The van der Waals surface area contributed by atoms with E-state index in [0.29, 0.717) is 48.7 Å². The van der Waals surface area contributed by atoms with E-state index in [-0.39, 0.29) is 5.95 Å². The predicted molar refractivity (Wildman–Crippen MR) is 134 cm³/mol. The van der Waals surface area contributed by atoms with Crippen LogP contribution in [0, 0.1) is 0 Å². The van der Waals surface area contributed by atoms with Gasteiger partial charge in [0.15, 0.2) is 0 Å². The summed E-state index contributed by atoms with van der Waals surface area (Å²) in [6.45, 7) is 0.859. The summed E-state index contributed by atoms with van der Waals surface area (Å²) in [6.07, 6.45) is 0.614. The van der Waals surface area contributed by atoms with E-state index in [0.717, 1.165) is 16.1 Å². The minimum atomic E-state index is -4.43. The maximum atomic E-state index is 13.1. The first-order chi connectivity index (χ1) is 18.2. The van der Waals surface area contributed by atoms with E-state index in [1.165, 1.54) is 23.5 Å². The fourth-order valence-corrected chi connectivity index (χ4v) is 4.20. The Labute approximate surface area is 215 Å². The van der Waals surface area contributed by atoms with E-state index >= 15 is 0 Å². The third kappa shape index (κ3) is 5.82. The van der Waals surface area contributed by atoms with E-state index in [9.17, 15) is 18.0 Å². The third-order valence-electron chi connectivity index (χ3n) is 6.01. The number of carboxylic acid groups (broad SMARTS) is 1. The van der Waals surface area contributed by atoms with Crippen molar-refractivity contribution < 1.29 is 23.1 Å². The number of rotatable bonds is 6. The number of aromatic nitrogens is 5. The van der Waals surface area contributed by atoms with E-state index < -0.39 is 18.8 Å². The average molecular weight is 525 g/mol. The van der Waals surface area contributed by atoms with Crippen LogP contribution >= 0.6 is 0 Å². The van der Waals surface area contributed by atoms with Crippen LogP contribution in [0.4, 0.5) is 35.3 Å². The molecule has 1 aliphatic rings. The highest BCUT2D eigenvalue weighted by Gasteiger charge is 2.29. The molecule has 4 heterocycles. The van der Waals surface area contributed by atoms with Crippen molar-refractivity contribution in [3.63, 3.8) is 0 Å². The molecule has 0 spiro atoms. The fourth-order valence-electron chi connectivity index (χ4n) is 4.20. The van der Waals surface area contributed by atoms with Crippen LogP contribution < -0.4 is 10.2 Å². The van der Waals surface area contributed by atoms with Crippen LogP contribution in [0.5, 0.6) is 0 Å². The molecule has 1 saturated heterocycles. The second-order valence-electron chi connectivity index (χ2n) is 8.64. The second-order valence-corrected chi connectivity index (χ2v) is 8.64. The lowest BCUT2D eigenvalue weighted by molar-refractivity contribution is -0.142. The lowest BCUT2D eigenvalue weighted by atomic mass is 10.1. The number of hydrogen-bond acceptors (Lipinski definition) is 7. The van der Waals surface area contributed by atoms with Crippen molar-refractivity contribution in [2.75, 3.05) is 36.4 Å². The molecule has 1 amide bonds. The topological polar surface area (TPSA) is 112 Å². The number of carbonyl (C=O) groups is 1. The van der Waals surface area contributed by atoms with Gasteiger partial charge in [0, 0.05) is 73.5 Å². The lowest BCUT2D eigenvalue weighted by Crippen LogP contribution is -2.48. The fraction of sp³-hybridized carbons (Fsp3) is 0.240. The molecule has 10 nitrogen and oxygen atoms in total. The molecule has 2 N–H and O–H groups in total. The Morgan fingerprint density at radius 3 is 2.45 bits per heavy atom. The molecule has 0 radical (unpaired) electrons. The average Bonchev–Trinajstić information content (AvgIpc) is 3.32. The van der Waals surface area contributed by atoms with Gasteiger partial charge < -0.3 is 20.2 Å². The van der Waals surface area contributed by atoms with Gasteiger partial charge in [-0.15, -0.1) is 0 Å². The number of piperazine rings is 1. The van der Waals surface area contributed by atoms with Crippen molar-refractivity contribution in [3.8, 4) is 22.5 Å². The molecule has 13 heteroatoms. The molecule has 5 rings (SSSR count). The zero-order chi connectivity index (χ0) is 26.7. The van der Waals surface area contributed by atoms with E-state index in [2.05, 4.69) is 30.3 Å². The molecule has 1 fully saturated rings. The molecule has 0 atom stereocenters. The molecule has 38 heavy (non-hydrogen) atoms. The summed E-state index contributed by atoms with van der Waals surface area (Å²) in [5, 5.41) is 16.4. The molecule has 1 aliphatic heterocycles. The predicted octanol–water partition coefficient (Wildman–Crippen LogP) is 4.51. The SMILES string of the molecule is O=C(O)N1CCN(c2ccc(Nc3nccc(-c4cn(CC(F)(F)F)nc4-c4cccnc4)n3)cc2)CC1. The van der Waals surface area contributed by atoms with Crippen LogP contribution in [0.25, 0.3) is 22.5 Å². The van der Waals surface area contributed by atoms with Crippen molar-refractivity contribution in [2.45, 2.75) is 12.7 Å². The number of alkyl halides is 3. The lowest BCUT2D eigenvalue weighted by Gasteiger charge is -2.34. The number of hydrogen-bond donors (Lipinski definition) is 2. The number of nitrogens with one attached hydrogen (secondary N) is 1. The maximum Gasteiger partial charge on any atom is 0.408 e. The van der Waals surface area contributed by atoms with Gasteiger partial charge in [-0.05, 0) is 42.5 Å². The van der Waals surface area contributed by atoms with E-state index in [1.807, 2.05) is 24.3 Å². The molecular formula is C25H23F3N8O2. The molecule has 0 saturated carbocycles. The van der Waals surface area contributed by atoms with Crippen LogP contribution in [0.15, 0.2) is 67.3 Å². The molecule has 196 valence electrons. The van der Waals surface area contributed by atoms with Gasteiger partial charge in [0.1, 0.15) is 12.2 Å². The largest absolute Gasteiger partial charge is 0.465 e. The smallest absolute Gasteiger partial charge is 0.408 e. The number of nitrogens with zero attached hydrogens (tertiary/aromatic N) is 7. The van der Waals surface area contributed by atoms with Crippen LogP contribution in [0.2, 0.25) is 0 Å². The Bertz CT molecular complexity index is 1400. The molecule has 0 aliphatic carbocycles. The number of benzene rings is 1. The molecular weight excluding hydrogens is 501 g/mol. The Morgan fingerprint density at radius 1 is 1.03 bits per heavy atom. The monoisotopic (exact) mass is 524 g/mol. The van der Waals surface area contributed by atoms with Gasteiger partial charge in [-0.3, -0.25) is 9.67 Å². The first-order valence-electron chi connectivity index (χ1n) is 11.7. The highest BCUT2D eigenvalue weighted by atomic mass is 19.4. The number of pyridine rings is 1. The van der Waals surface area contributed by atoms with E-state index in [1.54, 1.807) is 24.4 Å². The normalized spacial score (nSPS) is 14.0. The molecule has 4 aromatic rings. The van der Waals surface area contributed by atoms with E-state index in [4.69, 9.17) is 5.11 Å². The van der Waals surface area contributed by atoms with Gasteiger partial charge >= 0.3 is 12.3 Å². The summed E-state index contributed by atoms with van der Waals surface area (Å²) in [6, 6.07) is 12.6. The van der Waals surface area contributed by atoms with Gasteiger partial charge in [-0.2, -0.15) is 18.3 Å². The summed E-state index contributed by atoms with van der Waals surface area (Å²) in [5.74, 6) is 0.269. The summed E-state index contributed by atoms with van der Waals surface area (Å²) in [4.78, 5) is 27.4. The van der Waals surface area contributed by atoms with Crippen molar-refractivity contribution in [2.24, 2.45) is 0 Å². The van der Waals surface area contributed by atoms with Crippen molar-refractivity contribution >= 4 is 23.4 Å². The van der Waals surface area contributed by atoms with Crippen LogP contribution in [-0.2, 0) is 6.54 Å². The van der Waals surface area contributed by atoms with Gasteiger partial charge in [0.05, 0.1) is 5.69 Å². The van der Waals surface area contributed by atoms with Gasteiger partial charge in [0.25, 0.3) is 0 Å². The highest BCUT2D eigenvalue weighted by molar-refractivity contribution is 5.78. The first kappa shape index (κ1) is 25.0. The molecule has 0 unspecified atom stereocenters. The van der Waals surface area contributed by atoms with Gasteiger partial charge in [-0.25, -0.2) is 14.8 Å². The minimum Gasteiger partial charge on any atom is -0.465 e. The van der Waals surface area contributed by atoms with Gasteiger partial charge in [0.2, 0.25) is 5.95 Å². The number of anilines is 3. The van der Waals surface area contributed by atoms with Crippen LogP contribution in [0.1, 0.15) is 0 Å². The van der Waals surface area contributed by atoms with Crippen molar-refractivity contribution in [1.29, 1.82) is 0 Å². The number of amides is 1. The standard InChI is InChI=1S/C25H23F3N8O2/c26-25(27,28)16-36-15-20(22(33-36)17-2-1-8-29-14-17)21-7-9-30-23(32-21)31-18-3-5-19(6-4-18)34-10-12-35(13-11-34)24(37)38/h1-9,14-15H,10-13,16H2,(H,37,38)(H,30,31,32). The Morgan fingerprint density at radius 2 is 1.79 bits per heavy atom. The van der Waals surface area contributed by atoms with Crippen LogP contribution in [0.3, 0.4) is 0 Å². The minimum absolute atomic E-state index is 0.269. The third-order valence-corrected chi connectivity index (χ3v) is 6.01. The zero-order valence-electron chi connectivity index (χ0n) is 20.0. The van der Waals surface area contributed by atoms with Crippen molar-refractivity contribution in [3.05, 3.63) is 67.3 Å². The summed E-state index contributed by atoms with van der Waals surface area (Å²) >= 11 is 0. The summed E-state index contributed by atoms with van der Waals surface area (Å²) in [7, 11) is 0.